The van der Waals surface area contributed by atoms with Crippen molar-refractivity contribution in [2.45, 2.75) is 37.7 Å². The number of hydrogen-bond acceptors (Lipinski definition) is 5. The molecule has 2 heterocycles. The Morgan fingerprint density at radius 1 is 1.57 bits per heavy atom. The third-order valence-corrected chi connectivity index (χ3v) is 4.74. The van der Waals surface area contributed by atoms with Crippen LogP contribution in [0.15, 0.2) is 12.5 Å². The van der Waals surface area contributed by atoms with E-state index in [4.69, 9.17) is 5.73 Å². The molecule has 7 nitrogen and oxygen atoms in total. The molecule has 3 N–H and O–H groups in total. The smallest absolute Gasteiger partial charge is 0.327 e. The first kappa shape index (κ1) is 15.8. The van der Waals surface area contributed by atoms with Crippen LogP contribution in [0, 0.1) is 0 Å². The maximum atomic E-state index is 12.6. The van der Waals surface area contributed by atoms with Crippen LogP contribution in [0.5, 0.6) is 0 Å². The Balaban J connectivity index is 2.21. The molecule has 0 spiro atoms. The Bertz CT molecular complexity index is 519. The van der Waals surface area contributed by atoms with Gasteiger partial charge in [-0.25, -0.2) is 9.78 Å². The number of imidazole rings is 1. The van der Waals surface area contributed by atoms with Gasteiger partial charge in [-0.1, -0.05) is 13.3 Å². The second-order valence-electron chi connectivity index (χ2n) is 4.93. The van der Waals surface area contributed by atoms with Gasteiger partial charge in [0.2, 0.25) is 0 Å². The minimum absolute atomic E-state index is 0.0942. The van der Waals surface area contributed by atoms with Gasteiger partial charge < -0.3 is 20.3 Å². The number of carboxylic acid groups (broad SMARTS) is 1. The zero-order valence-corrected chi connectivity index (χ0v) is 12.8. The van der Waals surface area contributed by atoms with E-state index in [1.165, 1.54) is 16.7 Å². The Morgan fingerprint density at radius 3 is 2.95 bits per heavy atom. The van der Waals surface area contributed by atoms with E-state index >= 15 is 0 Å². The standard InChI is InChI=1S/C13H20N4O3S/c1-2-3-11-17(10(7-21-11)13(19)20)12(18)9-6-16(5-4-14)8-15-9/h6,8,10-11H,2-5,7,14H2,1H3,(H,19,20). The monoisotopic (exact) mass is 312 g/mol. The number of hydrogen-bond donors (Lipinski definition) is 2. The minimum atomic E-state index is -0.962. The molecule has 0 aromatic carbocycles. The number of nitrogens with two attached hydrogens (primary N) is 1. The fourth-order valence-corrected chi connectivity index (χ4v) is 3.88. The van der Waals surface area contributed by atoms with Crippen molar-refractivity contribution in [3.8, 4) is 0 Å². The molecule has 21 heavy (non-hydrogen) atoms. The molecule has 2 rings (SSSR count). The van der Waals surface area contributed by atoms with Gasteiger partial charge in [0, 0.05) is 25.0 Å². The summed E-state index contributed by atoms with van der Waals surface area (Å²) in [5.41, 5.74) is 5.74. The van der Waals surface area contributed by atoms with Crippen molar-refractivity contribution in [3.63, 3.8) is 0 Å². The van der Waals surface area contributed by atoms with Crippen molar-refractivity contribution in [3.05, 3.63) is 18.2 Å². The highest BCUT2D eigenvalue weighted by atomic mass is 32.2. The Morgan fingerprint density at radius 2 is 2.33 bits per heavy atom. The summed E-state index contributed by atoms with van der Waals surface area (Å²) >= 11 is 1.52. The normalized spacial score (nSPS) is 21.7. The first-order valence-corrected chi connectivity index (χ1v) is 8.02. The van der Waals surface area contributed by atoms with Crippen LogP contribution < -0.4 is 5.73 Å². The second-order valence-corrected chi connectivity index (χ2v) is 6.14. The molecule has 116 valence electrons. The summed E-state index contributed by atoms with van der Waals surface area (Å²) < 4.78 is 1.74. The highest BCUT2D eigenvalue weighted by Crippen LogP contribution is 2.33. The van der Waals surface area contributed by atoms with Crippen LogP contribution >= 0.6 is 11.8 Å². The Kier molecular flexibility index (Phi) is 5.24. The predicted molar refractivity (Wildman–Crippen MR) is 80.0 cm³/mol. The fourth-order valence-electron chi connectivity index (χ4n) is 2.37. The molecule has 0 saturated carbocycles. The number of nitrogens with zero attached hydrogens (tertiary/aromatic N) is 3. The highest BCUT2D eigenvalue weighted by Gasteiger charge is 2.42. The van der Waals surface area contributed by atoms with E-state index in [0.717, 1.165) is 12.8 Å². The molecule has 1 fully saturated rings. The van der Waals surface area contributed by atoms with Crippen molar-refractivity contribution in [2.24, 2.45) is 5.73 Å². The molecule has 1 saturated heterocycles. The molecule has 0 radical (unpaired) electrons. The van der Waals surface area contributed by atoms with Gasteiger partial charge in [0.1, 0.15) is 11.7 Å². The van der Waals surface area contributed by atoms with Crippen LogP contribution in [0.2, 0.25) is 0 Å². The molecule has 1 amide bonds. The lowest BCUT2D eigenvalue weighted by atomic mass is 10.2. The van der Waals surface area contributed by atoms with Gasteiger partial charge in [-0.2, -0.15) is 0 Å². The first-order chi connectivity index (χ1) is 10.1. The van der Waals surface area contributed by atoms with Crippen molar-refractivity contribution < 1.29 is 14.7 Å². The Labute approximate surface area is 127 Å². The third kappa shape index (κ3) is 3.38. The average Bonchev–Trinajstić information content (AvgIpc) is 3.06. The summed E-state index contributed by atoms with van der Waals surface area (Å²) in [7, 11) is 0. The number of thioether (sulfide) groups is 1. The van der Waals surface area contributed by atoms with Gasteiger partial charge in [-0.15, -0.1) is 11.8 Å². The van der Waals surface area contributed by atoms with Crippen LogP contribution in [-0.2, 0) is 11.3 Å². The lowest BCUT2D eigenvalue weighted by Crippen LogP contribution is -2.45. The lowest BCUT2D eigenvalue weighted by Gasteiger charge is -2.26. The second kappa shape index (κ2) is 6.95. The molecule has 1 aliphatic heterocycles. The molecular weight excluding hydrogens is 292 g/mol. The summed E-state index contributed by atoms with van der Waals surface area (Å²) in [6, 6.07) is -0.779. The fraction of sp³-hybridized carbons (Fsp3) is 0.615. The number of carboxylic acids is 1. The maximum Gasteiger partial charge on any atom is 0.327 e. The van der Waals surface area contributed by atoms with Gasteiger partial charge in [0.15, 0.2) is 0 Å². The highest BCUT2D eigenvalue weighted by molar-refractivity contribution is 8.00. The van der Waals surface area contributed by atoms with Gasteiger partial charge in [-0.05, 0) is 6.42 Å². The van der Waals surface area contributed by atoms with Crippen molar-refractivity contribution >= 4 is 23.6 Å². The zero-order chi connectivity index (χ0) is 15.4. The van der Waals surface area contributed by atoms with E-state index in [9.17, 15) is 14.7 Å². The van der Waals surface area contributed by atoms with Crippen molar-refractivity contribution in [1.29, 1.82) is 0 Å². The number of rotatable bonds is 6. The van der Waals surface area contributed by atoms with E-state index in [1.807, 2.05) is 6.92 Å². The summed E-state index contributed by atoms with van der Waals surface area (Å²) in [5.74, 6) is -0.854. The van der Waals surface area contributed by atoms with Crippen LogP contribution in [0.25, 0.3) is 0 Å². The van der Waals surface area contributed by atoms with E-state index in [-0.39, 0.29) is 17.0 Å². The Hall–Kier alpha value is -1.54. The quantitative estimate of drug-likeness (QED) is 0.798. The molecular formula is C13H20N4O3S. The van der Waals surface area contributed by atoms with Gasteiger partial charge >= 0.3 is 5.97 Å². The predicted octanol–water partition coefficient (Wildman–Crippen LogP) is 0.610. The molecule has 2 unspecified atom stereocenters. The summed E-state index contributed by atoms with van der Waals surface area (Å²) in [4.78, 5) is 29.5. The SMILES string of the molecule is CCCC1SCC(C(=O)O)N1C(=O)c1cn(CCN)cn1. The average molecular weight is 312 g/mol. The summed E-state index contributed by atoms with van der Waals surface area (Å²) in [6.07, 6.45) is 4.85. The van der Waals surface area contributed by atoms with Crippen molar-refractivity contribution in [1.82, 2.24) is 14.5 Å². The van der Waals surface area contributed by atoms with E-state index in [2.05, 4.69) is 4.98 Å². The van der Waals surface area contributed by atoms with Crippen LogP contribution in [-0.4, -0.2) is 55.1 Å². The molecule has 8 heteroatoms. The van der Waals surface area contributed by atoms with E-state index in [0.29, 0.717) is 18.8 Å². The van der Waals surface area contributed by atoms with Crippen LogP contribution in [0.4, 0.5) is 0 Å². The van der Waals surface area contributed by atoms with Gasteiger partial charge in [0.05, 0.1) is 11.7 Å². The molecule has 1 aliphatic rings. The minimum Gasteiger partial charge on any atom is -0.480 e. The summed E-state index contributed by atoms with van der Waals surface area (Å²) in [5, 5.41) is 9.21. The molecule has 2 atom stereocenters. The number of carbonyl (C=O) groups is 2. The van der Waals surface area contributed by atoms with Gasteiger partial charge in [0.25, 0.3) is 5.91 Å². The lowest BCUT2D eigenvalue weighted by molar-refractivity contribution is -0.141. The number of carbonyl (C=O) groups excluding carboxylic acids is 1. The topological polar surface area (TPSA) is 101 Å². The zero-order valence-electron chi connectivity index (χ0n) is 11.9. The first-order valence-electron chi connectivity index (χ1n) is 6.97. The number of aromatic nitrogens is 2. The molecule has 0 bridgehead atoms. The molecule has 1 aromatic heterocycles. The van der Waals surface area contributed by atoms with Crippen LogP contribution in [0.1, 0.15) is 30.3 Å². The van der Waals surface area contributed by atoms with Gasteiger partial charge in [-0.3, -0.25) is 4.79 Å². The van der Waals surface area contributed by atoms with E-state index < -0.39 is 12.0 Å². The third-order valence-electron chi connectivity index (χ3n) is 3.39. The van der Waals surface area contributed by atoms with Crippen LogP contribution in [0.3, 0.4) is 0 Å². The summed E-state index contributed by atoms with van der Waals surface area (Å²) in [6.45, 7) is 3.06. The number of aliphatic carboxylic acids is 1. The maximum absolute atomic E-state index is 12.6. The van der Waals surface area contributed by atoms with Crippen molar-refractivity contribution in [2.75, 3.05) is 12.3 Å². The van der Waals surface area contributed by atoms with E-state index in [1.54, 1.807) is 17.1 Å². The molecule has 0 aliphatic carbocycles. The number of amides is 1. The largest absolute Gasteiger partial charge is 0.480 e. The molecule has 1 aromatic rings.